The van der Waals surface area contributed by atoms with Gasteiger partial charge in [0.15, 0.2) is 0 Å². The lowest BCUT2D eigenvalue weighted by molar-refractivity contribution is -0.137. The van der Waals surface area contributed by atoms with Gasteiger partial charge in [-0.2, -0.15) is 13.2 Å². The molecule has 0 aliphatic heterocycles. The Hall–Kier alpha value is -3.09. The maximum atomic E-state index is 12.5. The average molecular weight is 360 g/mol. The number of benzene rings is 2. The van der Waals surface area contributed by atoms with Crippen LogP contribution < -0.4 is 10.9 Å². The van der Waals surface area contributed by atoms with E-state index in [0.717, 1.165) is 12.1 Å². The van der Waals surface area contributed by atoms with Crippen LogP contribution in [0.5, 0.6) is 0 Å². The van der Waals surface area contributed by atoms with E-state index in [1.165, 1.54) is 12.1 Å². The number of hydrogen-bond donors (Lipinski definition) is 2. The highest BCUT2D eigenvalue weighted by Crippen LogP contribution is 2.29. The van der Waals surface area contributed by atoms with Crippen molar-refractivity contribution in [3.8, 4) is 0 Å². The monoisotopic (exact) mass is 360 g/mol. The molecule has 26 heavy (non-hydrogen) atoms. The second-order valence-electron chi connectivity index (χ2n) is 5.80. The molecule has 3 rings (SSSR count). The predicted molar refractivity (Wildman–Crippen MR) is 92.0 cm³/mol. The molecule has 0 aliphatic rings. The van der Waals surface area contributed by atoms with Crippen LogP contribution in [0.1, 0.15) is 21.6 Å². The summed E-state index contributed by atoms with van der Waals surface area (Å²) < 4.78 is 37.6. The first kappa shape index (κ1) is 17.7. The normalized spacial score (nSPS) is 11.5. The van der Waals surface area contributed by atoms with Gasteiger partial charge in [0.05, 0.1) is 5.56 Å². The molecule has 1 heterocycles. The molecule has 0 unspecified atom stereocenters. The Morgan fingerprint density at radius 3 is 2.42 bits per heavy atom. The summed E-state index contributed by atoms with van der Waals surface area (Å²) in [6, 6.07) is 13.3. The number of aromatic nitrogens is 1. The zero-order chi connectivity index (χ0) is 18.7. The molecule has 0 radical (unpaired) electrons. The largest absolute Gasteiger partial charge is 0.416 e. The van der Waals surface area contributed by atoms with E-state index in [-0.39, 0.29) is 17.8 Å². The fraction of sp³-hybridized carbons (Fsp3) is 0.158. The van der Waals surface area contributed by atoms with Crippen molar-refractivity contribution in [3.05, 3.63) is 81.8 Å². The molecule has 1 aromatic heterocycles. The molecule has 0 aliphatic carbocycles. The van der Waals surface area contributed by atoms with Crippen LogP contribution in [0.25, 0.3) is 10.8 Å². The Balaban J connectivity index is 1.63. The van der Waals surface area contributed by atoms with E-state index in [1.54, 1.807) is 30.3 Å². The number of carbonyl (C=O) groups excluding carboxylic acids is 1. The quantitative estimate of drug-likeness (QED) is 0.748. The van der Waals surface area contributed by atoms with Crippen molar-refractivity contribution in [2.24, 2.45) is 0 Å². The number of H-pyrrole nitrogens is 1. The standard InChI is InChI=1S/C19H15F3N2O2/c20-19(21,22)14-7-5-12(6-8-14)9-10-23-18(26)16-11-13-3-1-2-4-15(13)17(25)24-16/h1-8,11H,9-10H2,(H,23,26)(H,24,25). The van der Waals surface area contributed by atoms with Crippen molar-refractivity contribution in [3.63, 3.8) is 0 Å². The molecular formula is C19H15F3N2O2. The van der Waals surface area contributed by atoms with Crippen molar-refractivity contribution in [1.82, 2.24) is 10.3 Å². The number of fused-ring (bicyclic) bond motifs is 1. The summed E-state index contributed by atoms with van der Waals surface area (Å²) in [7, 11) is 0. The zero-order valence-electron chi connectivity index (χ0n) is 13.6. The van der Waals surface area contributed by atoms with Crippen LogP contribution in [0.3, 0.4) is 0 Å². The molecule has 134 valence electrons. The van der Waals surface area contributed by atoms with Gasteiger partial charge < -0.3 is 10.3 Å². The van der Waals surface area contributed by atoms with Gasteiger partial charge >= 0.3 is 6.18 Å². The van der Waals surface area contributed by atoms with Crippen LogP contribution in [0.2, 0.25) is 0 Å². The van der Waals surface area contributed by atoms with Crippen LogP contribution >= 0.6 is 0 Å². The van der Waals surface area contributed by atoms with E-state index in [0.29, 0.717) is 22.8 Å². The van der Waals surface area contributed by atoms with Gasteiger partial charge in [-0.1, -0.05) is 30.3 Å². The molecule has 3 aromatic rings. The lowest BCUT2D eigenvalue weighted by Gasteiger charge is -2.09. The summed E-state index contributed by atoms with van der Waals surface area (Å²) in [6.45, 7) is 0.235. The third kappa shape index (κ3) is 3.93. The highest BCUT2D eigenvalue weighted by atomic mass is 19.4. The molecule has 7 heteroatoms. The number of pyridine rings is 1. The summed E-state index contributed by atoms with van der Waals surface area (Å²) >= 11 is 0. The predicted octanol–water partition coefficient (Wildman–Crippen LogP) is 3.52. The van der Waals surface area contributed by atoms with Crippen molar-refractivity contribution in [2.45, 2.75) is 12.6 Å². The van der Waals surface area contributed by atoms with Crippen LogP contribution in [-0.4, -0.2) is 17.4 Å². The number of aromatic amines is 1. The van der Waals surface area contributed by atoms with Crippen molar-refractivity contribution in [2.75, 3.05) is 6.54 Å². The summed E-state index contributed by atoms with van der Waals surface area (Å²) in [4.78, 5) is 26.7. The van der Waals surface area contributed by atoms with Gasteiger partial charge in [-0.05, 0) is 41.6 Å². The number of rotatable bonds is 4. The molecule has 0 saturated carbocycles. The molecule has 0 saturated heterocycles. The molecule has 4 nitrogen and oxygen atoms in total. The molecule has 0 spiro atoms. The second-order valence-corrected chi connectivity index (χ2v) is 5.80. The van der Waals surface area contributed by atoms with E-state index in [1.807, 2.05) is 0 Å². The van der Waals surface area contributed by atoms with Crippen molar-refractivity contribution >= 4 is 16.7 Å². The third-order valence-electron chi connectivity index (χ3n) is 3.98. The summed E-state index contributed by atoms with van der Waals surface area (Å²) in [5.74, 6) is -0.445. The summed E-state index contributed by atoms with van der Waals surface area (Å²) in [6.07, 6.45) is -3.99. The van der Waals surface area contributed by atoms with Crippen molar-refractivity contribution < 1.29 is 18.0 Å². The molecule has 0 bridgehead atoms. The minimum Gasteiger partial charge on any atom is -0.350 e. The molecule has 1 amide bonds. The second kappa shape index (κ2) is 7.03. The Morgan fingerprint density at radius 2 is 1.73 bits per heavy atom. The van der Waals surface area contributed by atoms with E-state index in [4.69, 9.17) is 0 Å². The van der Waals surface area contributed by atoms with Gasteiger partial charge in [0.2, 0.25) is 0 Å². The smallest absolute Gasteiger partial charge is 0.350 e. The summed E-state index contributed by atoms with van der Waals surface area (Å²) in [5, 5.41) is 3.80. The number of alkyl halides is 3. The Bertz CT molecular complexity index is 992. The van der Waals surface area contributed by atoms with Crippen molar-refractivity contribution in [1.29, 1.82) is 0 Å². The maximum Gasteiger partial charge on any atom is 0.416 e. The highest BCUT2D eigenvalue weighted by molar-refractivity contribution is 5.96. The minimum absolute atomic E-state index is 0.140. The van der Waals surface area contributed by atoms with Gasteiger partial charge in [0.1, 0.15) is 5.69 Å². The number of hydrogen-bond acceptors (Lipinski definition) is 2. The van der Waals surface area contributed by atoms with Crippen LogP contribution in [0.15, 0.2) is 59.4 Å². The van der Waals surface area contributed by atoms with Crippen LogP contribution in [0, 0.1) is 0 Å². The van der Waals surface area contributed by atoms with E-state index >= 15 is 0 Å². The highest BCUT2D eigenvalue weighted by Gasteiger charge is 2.29. The van der Waals surface area contributed by atoms with E-state index in [9.17, 15) is 22.8 Å². The Labute approximate surface area is 146 Å². The first-order chi connectivity index (χ1) is 12.3. The fourth-order valence-corrected chi connectivity index (χ4v) is 2.61. The van der Waals surface area contributed by atoms with Crippen LogP contribution in [0.4, 0.5) is 13.2 Å². The number of carbonyl (C=O) groups is 1. The molecule has 0 atom stereocenters. The SMILES string of the molecule is O=C(NCCc1ccc(C(F)(F)F)cc1)c1cc2ccccc2c(=O)[nH]1. The Kier molecular flexibility index (Phi) is 4.79. The first-order valence-corrected chi connectivity index (χ1v) is 7.91. The third-order valence-corrected chi connectivity index (χ3v) is 3.98. The Morgan fingerprint density at radius 1 is 1.04 bits per heavy atom. The number of nitrogens with one attached hydrogen (secondary N) is 2. The minimum atomic E-state index is -4.37. The van der Waals surface area contributed by atoms with Gasteiger partial charge in [-0.3, -0.25) is 9.59 Å². The van der Waals surface area contributed by atoms with E-state index in [2.05, 4.69) is 10.3 Å². The van der Waals surface area contributed by atoms with Gasteiger partial charge in [-0.15, -0.1) is 0 Å². The molecule has 2 aromatic carbocycles. The number of halogens is 3. The summed E-state index contributed by atoms with van der Waals surface area (Å²) in [5.41, 5.74) is -0.249. The number of amides is 1. The van der Waals surface area contributed by atoms with Gasteiger partial charge in [-0.25, -0.2) is 0 Å². The average Bonchev–Trinajstić information content (AvgIpc) is 2.61. The molecular weight excluding hydrogens is 345 g/mol. The maximum absolute atomic E-state index is 12.5. The first-order valence-electron chi connectivity index (χ1n) is 7.91. The fourth-order valence-electron chi connectivity index (χ4n) is 2.61. The molecule has 2 N–H and O–H groups in total. The van der Waals surface area contributed by atoms with Gasteiger partial charge in [0.25, 0.3) is 11.5 Å². The van der Waals surface area contributed by atoms with Crippen LogP contribution in [-0.2, 0) is 12.6 Å². The lowest BCUT2D eigenvalue weighted by atomic mass is 10.1. The van der Waals surface area contributed by atoms with E-state index < -0.39 is 17.6 Å². The zero-order valence-corrected chi connectivity index (χ0v) is 13.6. The molecule has 0 fully saturated rings. The topological polar surface area (TPSA) is 62.0 Å². The lowest BCUT2D eigenvalue weighted by Crippen LogP contribution is -2.28. The van der Waals surface area contributed by atoms with Gasteiger partial charge in [0, 0.05) is 11.9 Å².